The van der Waals surface area contributed by atoms with Crippen LogP contribution in [-0.4, -0.2) is 51.9 Å². The van der Waals surface area contributed by atoms with Gasteiger partial charge in [-0.15, -0.1) is 0 Å². The zero-order valence-corrected chi connectivity index (χ0v) is 13.7. The summed E-state index contributed by atoms with van der Waals surface area (Å²) in [7, 11) is 0. The van der Waals surface area contributed by atoms with Crippen molar-refractivity contribution < 1.29 is 14.0 Å². The Morgan fingerprint density at radius 3 is 2.88 bits per heavy atom. The molecule has 0 spiro atoms. The first-order chi connectivity index (χ1) is 11.6. The number of rotatable bonds is 3. The summed E-state index contributed by atoms with van der Waals surface area (Å²) in [6, 6.07) is 3.82. The largest absolute Gasteiger partial charge is 0.339 e. The number of piperidine rings is 1. The molecule has 1 aromatic rings. The van der Waals surface area contributed by atoms with Crippen LogP contribution >= 0.6 is 0 Å². The number of carbonyl (C=O) groups excluding carboxylic acids is 2. The highest BCUT2D eigenvalue weighted by Crippen LogP contribution is 2.40. The van der Waals surface area contributed by atoms with Gasteiger partial charge < -0.3 is 9.80 Å². The first kappa shape index (κ1) is 15.5. The predicted molar refractivity (Wildman–Crippen MR) is 85.5 cm³/mol. The van der Waals surface area contributed by atoms with Gasteiger partial charge in [0.2, 0.25) is 5.91 Å². The smallest absolute Gasteiger partial charge is 0.260 e. The van der Waals surface area contributed by atoms with Crippen molar-refractivity contribution in [1.82, 2.24) is 14.8 Å². The molecule has 3 aliphatic rings. The van der Waals surface area contributed by atoms with Crippen molar-refractivity contribution in [2.24, 2.45) is 11.8 Å². The summed E-state index contributed by atoms with van der Waals surface area (Å²) >= 11 is 0. The Hall–Kier alpha value is -1.98. The van der Waals surface area contributed by atoms with E-state index in [-0.39, 0.29) is 17.7 Å². The SMILES string of the molecule is O=C1C2CN(C(=O)C3(F)CCC3)CC2CCN1Cc1cccnc1. The van der Waals surface area contributed by atoms with Crippen molar-refractivity contribution in [2.75, 3.05) is 19.6 Å². The molecule has 2 unspecified atom stereocenters. The van der Waals surface area contributed by atoms with Gasteiger partial charge in [0, 0.05) is 38.6 Å². The van der Waals surface area contributed by atoms with Crippen molar-refractivity contribution in [3.63, 3.8) is 0 Å². The van der Waals surface area contributed by atoms with Crippen molar-refractivity contribution >= 4 is 11.8 Å². The Labute approximate surface area is 140 Å². The lowest BCUT2D eigenvalue weighted by molar-refractivity contribution is -0.149. The summed E-state index contributed by atoms with van der Waals surface area (Å²) in [5.74, 6) is -0.306. The van der Waals surface area contributed by atoms with Crippen LogP contribution in [0.4, 0.5) is 4.39 Å². The minimum atomic E-state index is -1.66. The van der Waals surface area contributed by atoms with E-state index in [0.29, 0.717) is 39.0 Å². The van der Waals surface area contributed by atoms with E-state index in [1.807, 2.05) is 17.0 Å². The van der Waals surface area contributed by atoms with Gasteiger partial charge >= 0.3 is 0 Å². The van der Waals surface area contributed by atoms with Gasteiger partial charge in [-0.25, -0.2) is 4.39 Å². The Kier molecular flexibility index (Phi) is 3.77. The number of aromatic nitrogens is 1. The van der Waals surface area contributed by atoms with Gasteiger partial charge in [0.05, 0.1) is 5.92 Å². The average Bonchev–Trinajstić information content (AvgIpc) is 3.00. The van der Waals surface area contributed by atoms with E-state index in [1.54, 1.807) is 17.3 Å². The van der Waals surface area contributed by atoms with Gasteiger partial charge in [0.1, 0.15) is 0 Å². The van der Waals surface area contributed by atoms with Crippen LogP contribution in [0.15, 0.2) is 24.5 Å². The molecule has 1 aromatic heterocycles. The highest BCUT2D eigenvalue weighted by molar-refractivity contribution is 5.88. The maximum absolute atomic E-state index is 14.4. The van der Waals surface area contributed by atoms with Gasteiger partial charge in [-0.1, -0.05) is 6.07 Å². The second-order valence-electron chi connectivity index (χ2n) is 7.31. The van der Waals surface area contributed by atoms with Crippen LogP contribution in [-0.2, 0) is 16.1 Å². The molecule has 1 aliphatic carbocycles. The summed E-state index contributed by atoms with van der Waals surface area (Å²) in [6.45, 7) is 2.15. The molecule has 24 heavy (non-hydrogen) atoms. The highest BCUT2D eigenvalue weighted by Gasteiger charge is 2.51. The molecule has 3 fully saturated rings. The second kappa shape index (κ2) is 5.83. The van der Waals surface area contributed by atoms with Crippen molar-refractivity contribution in [3.05, 3.63) is 30.1 Å². The third kappa shape index (κ3) is 2.58. The lowest BCUT2D eigenvalue weighted by atomic mass is 9.81. The summed E-state index contributed by atoms with van der Waals surface area (Å²) < 4.78 is 14.4. The van der Waals surface area contributed by atoms with Crippen LogP contribution < -0.4 is 0 Å². The highest BCUT2D eigenvalue weighted by atomic mass is 19.1. The Balaban J connectivity index is 1.43. The molecule has 0 aromatic carbocycles. The normalized spacial score (nSPS) is 28.5. The molecule has 0 radical (unpaired) electrons. The van der Waals surface area contributed by atoms with Crippen LogP contribution in [0.1, 0.15) is 31.2 Å². The minimum Gasteiger partial charge on any atom is -0.339 e. The van der Waals surface area contributed by atoms with Crippen molar-refractivity contribution in [3.8, 4) is 0 Å². The summed E-state index contributed by atoms with van der Waals surface area (Å²) in [4.78, 5) is 32.7. The first-order valence-corrected chi connectivity index (χ1v) is 8.73. The second-order valence-corrected chi connectivity index (χ2v) is 7.31. The molecule has 0 bridgehead atoms. The zero-order valence-electron chi connectivity index (χ0n) is 13.7. The molecule has 1 saturated carbocycles. The van der Waals surface area contributed by atoms with E-state index in [2.05, 4.69) is 4.98 Å². The van der Waals surface area contributed by atoms with Gasteiger partial charge in [-0.3, -0.25) is 14.6 Å². The van der Waals surface area contributed by atoms with E-state index < -0.39 is 11.6 Å². The Morgan fingerprint density at radius 2 is 2.21 bits per heavy atom. The van der Waals surface area contributed by atoms with Crippen LogP contribution in [0, 0.1) is 11.8 Å². The van der Waals surface area contributed by atoms with Gasteiger partial charge in [0.15, 0.2) is 5.67 Å². The molecule has 2 saturated heterocycles. The number of hydrogen-bond acceptors (Lipinski definition) is 3. The number of alkyl halides is 1. The summed E-state index contributed by atoms with van der Waals surface area (Å²) in [6.07, 6.45) is 5.80. The van der Waals surface area contributed by atoms with E-state index in [0.717, 1.165) is 18.4 Å². The third-order valence-corrected chi connectivity index (χ3v) is 5.75. The monoisotopic (exact) mass is 331 g/mol. The van der Waals surface area contributed by atoms with Crippen LogP contribution in [0.25, 0.3) is 0 Å². The first-order valence-electron chi connectivity index (χ1n) is 8.73. The third-order valence-electron chi connectivity index (χ3n) is 5.75. The number of pyridine rings is 1. The van der Waals surface area contributed by atoms with E-state index >= 15 is 0 Å². The minimum absolute atomic E-state index is 0.0897. The zero-order chi connectivity index (χ0) is 16.7. The fraction of sp³-hybridized carbons (Fsp3) is 0.611. The molecule has 3 heterocycles. The van der Waals surface area contributed by atoms with Crippen molar-refractivity contribution in [1.29, 1.82) is 0 Å². The summed E-state index contributed by atoms with van der Waals surface area (Å²) in [5.41, 5.74) is -0.654. The molecule has 6 heteroatoms. The van der Waals surface area contributed by atoms with Gasteiger partial charge in [0.25, 0.3) is 5.91 Å². The molecular formula is C18H22FN3O2. The fourth-order valence-corrected chi connectivity index (χ4v) is 4.13. The lowest BCUT2D eigenvalue weighted by Gasteiger charge is -2.35. The van der Waals surface area contributed by atoms with E-state index in [4.69, 9.17) is 0 Å². The Bertz CT molecular complexity index is 647. The Morgan fingerprint density at radius 1 is 1.38 bits per heavy atom. The van der Waals surface area contributed by atoms with E-state index in [9.17, 15) is 14.0 Å². The molecule has 2 aliphatic heterocycles. The molecule has 128 valence electrons. The molecule has 0 N–H and O–H groups in total. The maximum Gasteiger partial charge on any atom is 0.260 e. The summed E-state index contributed by atoms with van der Waals surface area (Å²) in [5, 5.41) is 0. The van der Waals surface area contributed by atoms with Crippen molar-refractivity contribution in [2.45, 2.75) is 37.9 Å². The number of likely N-dealkylation sites (tertiary alicyclic amines) is 2. The number of halogens is 1. The quantitative estimate of drug-likeness (QED) is 0.848. The standard InChI is InChI=1S/C18H22FN3O2/c19-18(5-2-6-18)17(24)22-11-14-4-8-21(16(23)15(14)12-22)10-13-3-1-7-20-9-13/h1,3,7,9,14-15H,2,4-6,8,10-12H2. The molecule has 2 atom stereocenters. The van der Waals surface area contributed by atoms with E-state index in [1.165, 1.54) is 0 Å². The number of carbonyl (C=O) groups is 2. The fourth-order valence-electron chi connectivity index (χ4n) is 4.13. The maximum atomic E-state index is 14.4. The van der Waals surface area contributed by atoms with Crippen LogP contribution in [0.3, 0.4) is 0 Å². The number of hydrogen-bond donors (Lipinski definition) is 0. The predicted octanol–water partition coefficient (Wildman–Crippen LogP) is 1.78. The molecule has 4 rings (SSSR count). The van der Waals surface area contributed by atoms with Crippen LogP contribution in [0.2, 0.25) is 0 Å². The van der Waals surface area contributed by atoms with Gasteiger partial charge in [-0.05, 0) is 43.2 Å². The average molecular weight is 331 g/mol. The number of nitrogens with zero attached hydrogens (tertiary/aromatic N) is 3. The topological polar surface area (TPSA) is 53.5 Å². The number of fused-ring (bicyclic) bond motifs is 1. The lowest BCUT2D eigenvalue weighted by Crippen LogP contribution is -2.49. The van der Waals surface area contributed by atoms with Gasteiger partial charge in [-0.2, -0.15) is 0 Å². The molecule has 2 amide bonds. The molecule has 5 nitrogen and oxygen atoms in total. The number of amides is 2. The van der Waals surface area contributed by atoms with Crippen LogP contribution in [0.5, 0.6) is 0 Å². The molecular weight excluding hydrogens is 309 g/mol.